The van der Waals surface area contributed by atoms with E-state index in [9.17, 15) is 0 Å². The highest BCUT2D eigenvalue weighted by Crippen LogP contribution is 2.54. The summed E-state index contributed by atoms with van der Waals surface area (Å²) in [7, 11) is 0. The molecule has 2 heteroatoms. The molecule has 1 heterocycles. The van der Waals surface area contributed by atoms with Gasteiger partial charge >= 0.3 is 0 Å². The number of anilines is 1. The molecule has 6 atom stereocenters. The van der Waals surface area contributed by atoms with Gasteiger partial charge in [0.15, 0.2) is 0 Å². The Labute approximate surface area is 294 Å². The molecule has 2 nitrogen and oxygen atoms in total. The highest BCUT2D eigenvalue weighted by molar-refractivity contribution is 6.03. The van der Waals surface area contributed by atoms with Crippen molar-refractivity contribution in [3.05, 3.63) is 107 Å². The van der Waals surface area contributed by atoms with Gasteiger partial charge in [0.2, 0.25) is 0 Å². The van der Waals surface area contributed by atoms with Crippen molar-refractivity contribution in [1.29, 1.82) is 0 Å². The minimum atomic E-state index is -0.0606. The molecule has 1 saturated carbocycles. The lowest BCUT2D eigenvalue weighted by Gasteiger charge is -2.46. The zero-order valence-electron chi connectivity index (χ0n) is 30.3. The van der Waals surface area contributed by atoms with Crippen LogP contribution in [0.2, 0.25) is 0 Å². The van der Waals surface area contributed by atoms with E-state index >= 15 is 0 Å². The van der Waals surface area contributed by atoms with E-state index in [1.807, 2.05) is 0 Å². The molecule has 49 heavy (non-hydrogen) atoms. The number of furan rings is 1. The first-order valence-electron chi connectivity index (χ1n) is 19.8. The van der Waals surface area contributed by atoms with Gasteiger partial charge in [-0.2, -0.15) is 0 Å². The van der Waals surface area contributed by atoms with Crippen molar-refractivity contribution >= 4 is 22.7 Å². The van der Waals surface area contributed by atoms with Crippen LogP contribution in [0.25, 0.3) is 28.2 Å². The average Bonchev–Trinajstić information content (AvgIpc) is 3.62. The highest BCUT2D eigenvalue weighted by Gasteiger charge is 2.41. The third kappa shape index (κ3) is 5.26. The van der Waals surface area contributed by atoms with Crippen LogP contribution in [0.4, 0.5) is 5.69 Å². The van der Waals surface area contributed by atoms with Gasteiger partial charge in [-0.3, -0.25) is 0 Å². The van der Waals surface area contributed by atoms with E-state index in [-0.39, 0.29) is 5.41 Å². The van der Waals surface area contributed by atoms with Gasteiger partial charge in [0, 0.05) is 51.7 Å². The molecule has 2 aromatic carbocycles. The summed E-state index contributed by atoms with van der Waals surface area (Å²) in [5.41, 5.74) is 12.4. The third-order valence-electron chi connectivity index (χ3n) is 13.7. The molecule has 0 spiro atoms. The molecule has 6 aliphatic carbocycles. The van der Waals surface area contributed by atoms with Crippen LogP contribution in [0.15, 0.2) is 88.6 Å². The van der Waals surface area contributed by atoms with Crippen molar-refractivity contribution < 1.29 is 4.42 Å². The van der Waals surface area contributed by atoms with Gasteiger partial charge in [0.1, 0.15) is 11.3 Å². The second-order valence-electron chi connectivity index (χ2n) is 17.0. The topological polar surface area (TPSA) is 16.4 Å². The largest absolute Gasteiger partial charge is 0.460 e. The predicted molar refractivity (Wildman–Crippen MR) is 207 cm³/mol. The lowest BCUT2D eigenvalue weighted by molar-refractivity contribution is 0.150. The normalized spacial score (nSPS) is 30.0. The van der Waals surface area contributed by atoms with Crippen molar-refractivity contribution in [3.63, 3.8) is 0 Å². The van der Waals surface area contributed by atoms with E-state index in [1.165, 1.54) is 109 Å². The monoisotopic (exact) mass is 649 g/mol. The summed E-state index contributed by atoms with van der Waals surface area (Å²) in [6.45, 7) is 9.89. The molecule has 0 radical (unpaired) electrons. The van der Waals surface area contributed by atoms with Crippen LogP contribution in [0, 0.1) is 29.6 Å². The van der Waals surface area contributed by atoms with Gasteiger partial charge in [0.05, 0.1) is 0 Å². The summed E-state index contributed by atoms with van der Waals surface area (Å²) in [6.07, 6.45) is 34.4. The molecule has 254 valence electrons. The SMILES string of the molecule is CC1CC(C2C=CCCC2)=CC=C1N(c1ccc2c(c1)-c1c(ccc3c4c(oc13)CCC=C4)C2(C)C)C1CCC(C2CC=CCC2)C(C)C1. The number of aryl methyl sites for hydroxylation is 1. The molecule has 6 aliphatic rings. The summed E-state index contributed by atoms with van der Waals surface area (Å²) >= 11 is 0. The molecule has 9 rings (SSSR count). The predicted octanol–water partition coefficient (Wildman–Crippen LogP) is 12.9. The van der Waals surface area contributed by atoms with E-state index in [1.54, 1.807) is 5.57 Å². The van der Waals surface area contributed by atoms with Crippen molar-refractivity contribution in [3.8, 4) is 11.1 Å². The number of rotatable bonds is 5. The summed E-state index contributed by atoms with van der Waals surface area (Å²) in [4.78, 5) is 2.84. The molecule has 0 saturated heterocycles. The van der Waals surface area contributed by atoms with Crippen LogP contribution in [0.3, 0.4) is 0 Å². The van der Waals surface area contributed by atoms with E-state index in [0.29, 0.717) is 17.9 Å². The fourth-order valence-corrected chi connectivity index (χ4v) is 11.1. The molecule has 0 aliphatic heterocycles. The molecule has 1 fully saturated rings. The van der Waals surface area contributed by atoms with Crippen LogP contribution in [0.5, 0.6) is 0 Å². The Kier molecular flexibility index (Phi) is 7.94. The Hall–Kier alpha value is -3.52. The standard InChI is InChI=1S/C47H55NO/c1-30-28-35(20-22-37(30)33-15-9-6-10-16-33)48(43-26-19-34(27-31(43)2)32-13-7-5-8-14-32)36-21-24-41-40(29-36)45-42(47(41,3)4)25-23-39-38-17-11-12-18-44(38)49-46(39)45/h6-7,9,11,13,17,19,21,23-26,29-33,35,37H,5,8,10,12,14-16,18,20,22,27-28H2,1-4H3. The Bertz CT molecular complexity index is 1920. The Balaban J connectivity index is 1.14. The van der Waals surface area contributed by atoms with E-state index in [2.05, 4.69) is 112 Å². The quantitative estimate of drug-likeness (QED) is 0.256. The fourth-order valence-electron chi connectivity index (χ4n) is 11.1. The molecule has 0 bridgehead atoms. The Morgan fingerprint density at radius 1 is 0.857 bits per heavy atom. The number of hydrogen-bond acceptors (Lipinski definition) is 2. The second-order valence-corrected chi connectivity index (χ2v) is 17.0. The van der Waals surface area contributed by atoms with Crippen molar-refractivity contribution in [2.45, 2.75) is 116 Å². The maximum absolute atomic E-state index is 6.79. The summed E-state index contributed by atoms with van der Waals surface area (Å²) in [6, 6.07) is 12.8. The average molecular weight is 650 g/mol. The van der Waals surface area contributed by atoms with Crippen LogP contribution in [0.1, 0.15) is 121 Å². The maximum atomic E-state index is 6.79. The lowest BCUT2D eigenvalue weighted by Crippen LogP contribution is -2.43. The molecule has 0 N–H and O–H groups in total. The number of nitrogens with zero attached hydrogens (tertiary/aromatic N) is 1. The Morgan fingerprint density at radius 2 is 1.76 bits per heavy atom. The van der Waals surface area contributed by atoms with E-state index in [4.69, 9.17) is 4.42 Å². The number of hydrogen-bond donors (Lipinski definition) is 0. The molecule has 3 aromatic rings. The van der Waals surface area contributed by atoms with Gasteiger partial charge in [-0.05, 0) is 129 Å². The zero-order chi connectivity index (χ0) is 33.3. The van der Waals surface area contributed by atoms with Crippen LogP contribution >= 0.6 is 0 Å². The maximum Gasteiger partial charge on any atom is 0.143 e. The molecular weight excluding hydrogens is 595 g/mol. The van der Waals surface area contributed by atoms with Crippen LogP contribution in [-0.2, 0) is 11.8 Å². The Morgan fingerprint density at radius 3 is 2.55 bits per heavy atom. The highest BCUT2D eigenvalue weighted by atomic mass is 16.3. The van der Waals surface area contributed by atoms with Gasteiger partial charge in [-0.25, -0.2) is 0 Å². The lowest BCUT2D eigenvalue weighted by atomic mass is 9.68. The minimum Gasteiger partial charge on any atom is -0.460 e. The van der Waals surface area contributed by atoms with Crippen molar-refractivity contribution in [1.82, 2.24) is 0 Å². The molecule has 1 aromatic heterocycles. The molecule has 0 amide bonds. The van der Waals surface area contributed by atoms with Gasteiger partial charge < -0.3 is 9.32 Å². The molecule has 6 unspecified atom stereocenters. The van der Waals surface area contributed by atoms with Gasteiger partial charge in [0.25, 0.3) is 0 Å². The first kappa shape index (κ1) is 31.5. The zero-order valence-corrected chi connectivity index (χ0v) is 30.3. The summed E-state index contributed by atoms with van der Waals surface area (Å²) < 4.78 is 6.79. The number of fused-ring (bicyclic) bond motifs is 7. The van der Waals surface area contributed by atoms with Gasteiger partial charge in [-0.1, -0.05) is 94.0 Å². The summed E-state index contributed by atoms with van der Waals surface area (Å²) in [5.74, 6) is 4.74. The third-order valence-corrected chi connectivity index (χ3v) is 13.7. The first-order chi connectivity index (χ1) is 23.9. The number of allylic oxidation sites excluding steroid dienone is 9. The van der Waals surface area contributed by atoms with E-state index < -0.39 is 0 Å². The first-order valence-corrected chi connectivity index (χ1v) is 19.8. The van der Waals surface area contributed by atoms with E-state index in [0.717, 1.165) is 41.9 Å². The van der Waals surface area contributed by atoms with Crippen molar-refractivity contribution in [2.75, 3.05) is 4.90 Å². The smallest absolute Gasteiger partial charge is 0.143 e. The summed E-state index contributed by atoms with van der Waals surface area (Å²) in [5, 5.41) is 1.28. The molecular formula is C47H55NO. The van der Waals surface area contributed by atoms with Crippen molar-refractivity contribution in [2.24, 2.45) is 29.6 Å². The second kappa shape index (κ2) is 12.4. The minimum absolute atomic E-state index is 0.0606. The van der Waals surface area contributed by atoms with Gasteiger partial charge in [-0.15, -0.1) is 0 Å². The van der Waals surface area contributed by atoms with Crippen LogP contribution in [-0.4, -0.2) is 6.04 Å². The number of benzene rings is 2. The van der Waals surface area contributed by atoms with Crippen LogP contribution < -0.4 is 4.90 Å². The fraction of sp³-hybridized carbons (Fsp3) is 0.489.